The van der Waals surface area contributed by atoms with Gasteiger partial charge in [0.05, 0.1) is 0 Å². The summed E-state index contributed by atoms with van der Waals surface area (Å²) in [5.74, 6) is 1.77. The highest BCUT2D eigenvalue weighted by Gasteiger charge is 2.10. The van der Waals surface area contributed by atoms with Crippen LogP contribution in [0.3, 0.4) is 0 Å². The Hall–Kier alpha value is -1.26. The summed E-state index contributed by atoms with van der Waals surface area (Å²) in [7, 11) is 0. The zero-order valence-electron chi connectivity index (χ0n) is 12.4. The van der Waals surface area contributed by atoms with Crippen molar-refractivity contribution in [3.8, 4) is 0 Å². The molecule has 0 aliphatic carbocycles. The van der Waals surface area contributed by atoms with Gasteiger partial charge in [-0.1, -0.05) is 43.6 Å². The quantitative estimate of drug-likeness (QED) is 0.587. The number of aromatic nitrogens is 2. The van der Waals surface area contributed by atoms with Gasteiger partial charge >= 0.3 is 0 Å². The second-order valence-corrected chi connectivity index (χ2v) is 6.04. The first-order valence-electron chi connectivity index (χ1n) is 7.20. The molecule has 2 rings (SSSR count). The van der Waals surface area contributed by atoms with Crippen LogP contribution in [0.15, 0.2) is 35.6 Å². The van der Waals surface area contributed by atoms with E-state index in [0.717, 1.165) is 46.6 Å². The molecule has 0 aliphatic heterocycles. The summed E-state index contributed by atoms with van der Waals surface area (Å²) in [5, 5.41) is 5.21. The highest BCUT2D eigenvalue weighted by atomic mass is 35.5. The molecule has 21 heavy (non-hydrogen) atoms. The first kappa shape index (κ1) is 16.1. The van der Waals surface area contributed by atoms with Gasteiger partial charge in [-0.15, -0.1) is 11.8 Å². The lowest BCUT2D eigenvalue weighted by Crippen LogP contribution is -2.07. The van der Waals surface area contributed by atoms with Crippen molar-refractivity contribution < 1.29 is 0 Å². The molecule has 0 atom stereocenters. The van der Waals surface area contributed by atoms with Crippen molar-refractivity contribution in [3.63, 3.8) is 0 Å². The van der Waals surface area contributed by atoms with Gasteiger partial charge in [-0.3, -0.25) is 0 Å². The van der Waals surface area contributed by atoms with Crippen LogP contribution in [0.25, 0.3) is 0 Å². The third kappa shape index (κ3) is 4.35. The largest absolute Gasteiger partial charge is 0.370 e. The lowest BCUT2D eigenvalue weighted by atomic mass is 10.2. The molecule has 0 saturated carbocycles. The molecule has 0 bridgehead atoms. The molecule has 0 aliphatic rings. The summed E-state index contributed by atoms with van der Waals surface area (Å²) in [6, 6.07) is 7.94. The first-order valence-corrected chi connectivity index (χ1v) is 8.56. The normalized spacial score (nSPS) is 10.6. The van der Waals surface area contributed by atoms with E-state index in [-0.39, 0.29) is 0 Å². The Bertz CT molecular complexity index is 589. The molecule has 0 radical (unpaired) electrons. The number of anilines is 1. The minimum absolute atomic E-state index is 0.807. The summed E-state index contributed by atoms with van der Waals surface area (Å²) >= 11 is 7.92. The van der Waals surface area contributed by atoms with E-state index in [2.05, 4.69) is 35.2 Å². The van der Waals surface area contributed by atoms with Crippen LogP contribution in [-0.2, 0) is 12.2 Å². The van der Waals surface area contributed by atoms with Crippen molar-refractivity contribution in [2.45, 2.75) is 37.5 Å². The van der Waals surface area contributed by atoms with E-state index in [4.69, 9.17) is 11.6 Å². The van der Waals surface area contributed by atoms with Gasteiger partial charge in [-0.25, -0.2) is 9.97 Å². The van der Waals surface area contributed by atoms with E-state index in [1.807, 2.05) is 18.2 Å². The van der Waals surface area contributed by atoms with Crippen LogP contribution >= 0.6 is 23.4 Å². The number of hydrogen-bond acceptors (Lipinski definition) is 4. The molecule has 3 nitrogen and oxygen atoms in total. The smallest absolute Gasteiger partial charge is 0.133 e. The highest BCUT2D eigenvalue weighted by molar-refractivity contribution is 7.98. The molecule has 1 heterocycles. The van der Waals surface area contributed by atoms with E-state index in [1.165, 1.54) is 5.56 Å². The van der Waals surface area contributed by atoms with Crippen LogP contribution in [0.5, 0.6) is 0 Å². The number of halogens is 1. The van der Waals surface area contributed by atoms with Crippen molar-refractivity contribution >= 4 is 29.2 Å². The van der Waals surface area contributed by atoms with E-state index in [9.17, 15) is 0 Å². The third-order valence-corrected chi connectivity index (χ3v) is 4.57. The van der Waals surface area contributed by atoms with Crippen LogP contribution in [0.1, 0.15) is 31.4 Å². The van der Waals surface area contributed by atoms with E-state index in [1.54, 1.807) is 18.1 Å². The Labute approximate surface area is 135 Å². The van der Waals surface area contributed by atoms with Crippen molar-refractivity contribution in [2.24, 2.45) is 0 Å². The van der Waals surface area contributed by atoms with Gasteiger partial charge in [-0.2, -0.15) is 0 Å². The molecule has 0 amide bonds. The maximum Gasteiger partial charge on any atom is 0.133 e. The van der Waals surface area contributed by atoms with E-state index < -0.39 is 0 Å². The Morgan fingerprint density at radius 3 is 2.71 bits per heavy atom. The maximum atomic E-state index is 6.21. The number of nitrogens with zero attached hydrogens (tertiary/aromatic N) is 2. The lowest BCUT2D eigenvalue weighted by Gasteiger charge is -2.12. The van der Waals surface area contributed by atoms with Crippen LogP contribution in [-0.4, -0.2) is 16.5 Å². The van der Waals surface area contributed by atoms with Crippen LogP contribution in [0.4, 0.5) is 5.82 Å². The fourth-order valence-corrected chi connectivity index (χ4v) is 3.36. The number of hydrogen-bond donors (Lipinski definition) is 1. The zero-order valence-corrected chi connectivity index (χ0v) is 14.0. The van der Waals surface area contributed by atoms with Gasteiger partial charge in [0.15, 0.2) is 0 Å². The number of benzene rings is 1. The molecule has 0 unspecified atom stereocenters. The van der Waals surface area contributed by atoms with E-state index in [0.29, 0.717) is 0 Å². The maximum absolute atomic E-state index is 6.21. The Morgan fingerprint density at radius 1 is 1.19 bits per heavy atom. The second-order valence-electron chi connectivity index (χ2n) is 4.67. The number of thioether (sulfide) groups is 1. The molecule has 1 aromatic carbocycles. The lowest BCUT2D eigenvalue weighted by molar-refractivity contribution is 0.911. The molecule has 2 aromatic rings. The molecule has 0 fully saturated rings. The number of nitrogens with one attached hydrogen (secondary N) is 1. The summed E-state index contributed by atoms with van der Waals surface area (Å²) in [6.07, 6.45) is 3.62. The molecule has 1 aromatic heterocycles. The third-order valence-electron chi connectivity index (χ3n) is 3.12. The standard InChI is InChI=1S/C16H20ClN3S/c1-3-9-18-15-13(4-2)16(20-11-19-15)21-10-12-7-5-6-8-14(12)17/h5-8,11H,3-4,9-10H2,1-2H3,(H,18,19,20). The molecule has 1 N–H and O–H groups in total. The Balaban J connectivity index is 2.14. The molecule has 0 saturated heterocycles. The molecule has 5 heteroatoms. The minimum Gasteiger partial charge on any atom is -0.370 e. The average Bonchev–Trinajstić information content (AvgIpc) is 2.52. The fraction of sp³-hybridized carbons (Fsp3) is 0.375. The molecular weight excluding hydrogens is 302 g/mol. The van der Waals surface area contributed by atoms with Crippen molar-refractivity contribution in [2.75, 3.05) is 11.9 Å². The summed E-state index contributed by atoms with van der Waals surface area (Å²) in [5.41, 5.74) is 2.32. The molecule has 0 spiro atoms. The zero-order chi connectivity index (χ0) is 15.1. The number of rotatable bonds is 7. The summed E-state index contributed by atoms with van der Waals surface area (Å²) in [4.78, 5) is 8.79. The van der Waals surface area contributed by atoms with Crippen molar-refractivity contribution in [1.29, 1.82) is 0 Å². The van der Waals surface area contributed by atoms with Crippen LogP contribution < -0.4 is 5.32 Å². The topological polar surface area (TPSA) is 37.8 Å². The first-order chi connectivity index (χ1) is 10.3. The highest BCUT2D eigenvalue weighted by Crippen LogP contribution is 2.30. The van der Waals surface area contributed by atoms with Crippen LogP contribution in [0, 0.1) is 0 Å². The minimum atomic E-state index is 0.807. The van der Waals surface area contributed by atoms with Crippen LogP contribution in [0.2, 0.25) is 5.02 Å². The van der Waals surface area contributed by atoms with Gasteiger partial charge in [0, 0.05) is 22.9 Å². The fourth-order valence-electron chi connectivity index (χ4n) is 2.00. The Morgan fingerprint density at radius 2 is 2.00 bits per heavy atom. The average molecular weight is 322 g/mol. The van der Waals surface area contributed by atoms with E-state index >= 15 is 0 Å². The van der Waals surface area contributed by atoms with Crippen molar-refractivity contribution in [1.82, 2.24) is 9.97 Å². The molecule has 112 valence electrons. The van der Waals surface area contributed by atoms with Gasteiger partial charge < -0.3 is 5.32 Å². The molecular formula is C16H20ClN3S. The van der Waals surface area contributed by atoms with Gasteiger partial charge in [0.1, 0.15) is 17.2 Å². The van der Waals surface area contributed by atoms with Gasteiger partial charge in [0.2, 0.25) is 0 Å². The van der Waals surface area contributed by atoms with Gasteiger partial charge in [0.25, 0.3) is 0 Å². The van der Waals surface area contributed by atoms with Crippen molar-refractivity contribution in [3.05, 3.63) is 46.7 Å². The predicted octanol–water partition coefficient (Wildman–Crippen LogP) is 4.81. The second kappa shape index (κ2) is 8.25. The summed E-state index contributed by atoms with van der Waals surface area (Å²) in [6.45, 7) is 5.21. The predicted molar refractivity (Wildman–Crippen MR) is 91.2 cm³/mol. The monoisotopic (exact) mass is 321 g/mol. The Kier molecular flexibility index (Phi) is 6.33. The SMILES string of the molecule is CCCNc1ncnc(SCc2ccccc2Cl)c1CC. The van der Waals surface area contributed by atoms with Gasteiger partial charge in [-0.05, 0) is 24.5 Å². The summed E-state index contributed by atoms with van der Waals surface area (Å²) < 4.78 is 0.